The van der Waals surface area contributed by atoms with Gasteiger partial charge in [0.25, 0.3) is 0 Å². The quantitative estimate of drug-likeness (QED) is 0.212. The van der Waals surface area contributed by atoms with Gasteiger partial charge in [-0.05, 0) is 35.2 Å². The van der Waals surface area contributed by atoms with Crippen molar-refractivity contribution in [2.75, 3.05) is 14.2 Å². The van der Waals surface area contributed by atoms with Crippen LogP contribution in [-0.4, -0.2) is 23.8 Å². The highest BCUT2D eigenvalue weighted by Gasteiger charge is 2.21. The molecular formula is C29H32Cl2N2O2S. The highest BCUT2D eigenvalue weighted by atomic mass is 35.5. The Hall–Kier alpha value is -2.28. The predicted octanol–water partition coefficient (Wildman–Crippen LogP) is 8.49. The molecule has 4 nitrogen and oxygen atoms in total. The first-order valence-electron chi connectivity index (χ1n) is 11.7. The molecule has 0 unspecified atom stereocenters. The van der Waals surface area contributed by atoms with E-state index in [1.165, 1.54) is 5.56 Å². The molecule has 1 heterocycles. The van der Waals surface area contributed by atoms with Gasteiger partial charge in [-0.15, -0.1) is 0 Å². The first kappa shape index (κ1) is 28.3. The molecule has 0 atom stereocenters. The number of hydrogen-bond acceptors (Lipinski definition) is 4. The summed E-state index contributed by atoms with van der Waals surface area (Å²) in [7, 11) is 3.25. The summed E-state index contributed by atoms with van der Waals surface area (Å²) >= 11 is 14.2. The fourth-order valence-electron chi connectivity index (χ4n) is 3.56. The molecule has 0 aliphatic carbocycles. The number of hydrogen-bond donors (Lipinski definition) is 0. The van der Waals surface area contributed by atoms with Crippen LogP contribution in [-0.2, 0) is 29.2 Å². The zero-order valence-corrected chi connectivity index (χ0v) is 23.4. The van der Waals surface area contributed by atoms with Crippen LogP contribution < -0.4 is 0 Å². The van der Waals surface area contributed by atoms with E-state index in [1.54, 1.807) is 32.0 Å². The number of imidazole rings is 1. The van der Waals surface area contributed by atoms with Crippen molar-refractivity contribution >= 4 is 35.0 Å². The maximum Gasteiger partial charge on any atom is 0.136 e. The second-order valence-electron chi connectivity index (χ2n) is 8.54. The van der Waals surface area contributed by atoms with Gasteiger partial charge < -0.3 is 14.0 Å². The Morgan fingerprint density at radius 1 is 0.833 bits per heavy atom. The number of halogens is 2. The molecule has 36 heavy (non-hydrogen) atoms. The average Bonchev–Trinajstić information content (AvgIpc) is 3.17. The van der Waals surface area contributed by atoms with Crippen molar-refractivity contribution in [3.05, 3.63) is 112 Å². The highest BCUT2D eigenvalue weighted by molar-refractivity contribution is 7.99. The fourth-order valence-corrected chi connectivity index (χ4v) is 5.48. The molecule has 0 amide bonds. The van der Waals surface area contributed by atoms with Crippen LogP contribution in [0, 0.1) is 0 Å². The zero-order valence-electron chi connectivity index (χ0n) is 21.1. The molecule has 190 valence electrons. The van der Waals surface area contributed by atoms with E-state index in [1.807, 2.05) is 36.4 Å². The standard InChI is InChI=1S/C27H26Cl2N2OS.C2H6O/c1-19(2)26-27(33-24-14-22(28)13-23(29)15-24)31(16-20-9-5-3-6-10-20)25(30-26)18-32-17-21-11-7-4-8-12-21;1-3-2/h3-15,19H,16-18H2,1-2H3;1-2H3. The van der Waals surface area contributed by atoms with Gasteiger partial charge in [0, 0.05) is 35.7 Å². The topological polar surface area (TPSA) is 36.3 Å². The Bertz CT molecular complexity index is 1190. The Morgan fingerprint density at radius 2 is 1.39 bits per heavy atom. The van der Waals surface area contributed by atoms with E-state index in [4.69, 9.17) is 32.9 Å². The second-order valence-corrected chi connectivity index (χ2v) is 10.5. The molecule has 4 rings (SSSR count). The first-order chi connectivity index (χ1) is 17.4. The normalized spacial score (nSPS) is 10.9. The molecule has 4 aromatic rings. The number of ether oxygens (including phenoxy) is 2. The van der Waals surface area contributed by atoms with Crippen LogP contribution in [0.5, 0.6) is 0 Å². The second kappa shape index (κ2) is 14.5. The lowest BCUT2D eigenvalue weighted by atomic mass is 10.1. The van der Waals surface area contributed by atoms with E-state index in [9.17, 15) is 0 Å². The van der Waals surface area contributed by atoms with E-state index in [0.29, 0.717) is 29.8 Å². The van der Waals surface area contributed by atoms with Gasteiger partial charge in [0.2, 0.25) is 0 Å². The van der Waals surface area contributed by atoms with Crippen molar-refractivity contribution in [3.63, 3.8) is 0 Å². The molecule has 0 N–H and O–H groups in total. The largest absolute Gasteiger partial charge is 0.388 e. The molecule has 0 radical (unpaired) electrons. The molecule has 0 spiro atoms. The van der Waals surface area contributed by atoms with Gasteiger partial charge in [-0.3, -0.25) is 0 Å². The summed E-state index contributed by atoms with van der Waals surface area (Å²) in [4.78, 5) is 6.02. The van der Waals surface area contributed by atoms with Gasteiger partial charge in [0.1, 0.15) is 17.5 Å². The van der Waals surface area contributed by atoms with Crippen molar-refractivity contribution in [2.24, 2.45) is 0 Å². The summed E-state index contributed by atoms with van der Waals surface area (Å²) in [5.41, 5.74) is 3.40. The molecule has 0 fully saturated rings. The maximum absolute atomic E-state index is 6.28. The molecule has 0 saturated carbocycles. The van der Waals surface area contributed by atoms with Crippen LogP contribution in [0.3, 0.4) is 0 Å². The molecule has 1 aromatic heterocycles. The van der Waals surface area contributed by atoms with Crippen molar-refractivity contribution in [1.29, 1.82) is 0 Å². The van der Waals surface area contributed by atoms with Crippen LogP contribution in [0.2, 0.25) is 10.0 Å². The number of nitrogens with zero attached hydrogens (tertiary/aromatic N) is 2. The average molecular weight is 544 g/mol. The van der Waals surface area contributed by atoms with Crippen LogP contribution in [0.15, 0.2) is 88.8 Å². The lowest BCUT2D eigenvalue weighted by molar-refractivity contribution is 0.0991. The Morgan fingerprint density at radius 3 is 1.94 bits per heavy atom. The van der Waals surface area contributed by atoms with Crippen molar-refractivity contribution in [1.82, 2.24) is 9.55 Å². The lowest BCUT2D eigenvalue weighted by Gasteiger charge is -2.14. The van der Waals surface area contributed by atoms with Gasteiger partial charge in [-0.1, -0.05) is 109 Å². The van der Waals surface area contributed by atoms with E-state index in [-0.39, 0.29) is 5.92 Å². The number of benzene rings is 3. The molecule has 0 bridgehead atoms. The fraction of sp³-hybridized carbons (Fsp3) is 0.276. The lowest BCUT2D eigenvalue weighted by Crippen LogP contribution is -2.08. The smallest absolute Gasteiger partial charge is 0.136 e. The third-order valence-electron chi connectivity index (χ3n) is 5.15. The van der Waals surface area contributed by atoms with E-state index in [0.717, 1.165) is 27.0 Å². The van der Waals surface area contributed by atoms with Gasteiger partial charge in [0.15, 0.2) is 0 Å². The van der Waals surface area contributed by atoms with Gasteiger partial charge in [-0.2, -0.15) is 0 Å². The number of rotatable bonds is 9. The van der Waals surface area contributed by atoms with E-state index in [2.05, 4.69) is 59.5 Å². The summed E-state index contributed by atoms with van der Waals surface area (Å²) in [6.07, 6.45) is 0. The van der Waals surface area contributed by atoms with Crippen LogP contribution in [0.25, 0.3) is 0 Å². The van der Waals surface area contributed by atoms with Crippen LogP contribution >= 0.6 is 35.0 Å². The summed E-state index contributed by atoms with van der Waals surface area (Å²) in [5.74, 6) is 1.17. The summed E-state index contributed by atoms with van der Waals surface area (Å²) in [6.45, 7) is 6.01. The van der Waals surface area contributed by atoms with Gasteiger partial charge in [0.05, 0.1) is 12.3 Å². The molecule has 0 aliphatic rings. The van der Waals surface area contributed by atoms with E-state index < -0.39 is 0 Å². The minimum atomic E-state index is 0.257. The maximum atomic E-state index is 6.28. The third-order valence-corrected chi connectivity index (χ3v) is 6.68. The van der Waals surface area contributed by atoms with Crippen molar-refractivity contribution in [2.45, 2.75) is 49.4 Å². The summed E-state index contributed by atoms with van der Waals surface area (Å²) in [5, 5.41) is 2.33. The van der Waals surface area contributed by atoms with Gasteiger partial charge in [-0.25, -0.2) is 4.98 Å². The summed E-state index contributed by atoms with van der Waals surface area (Å²) in [6, 6.07) is 26.2. The Balaban J connectivity index is 0.00000115. The SMILES string of the molecule is CC(C)c1nc(COCc2ccccc2)n(Cc2ccccc2)c1Sc1cc(Cl)cc(Cl)c1.COC. The number of methoxy groups -OCH3 is 1. The summed E-state index contributed by atoms with van der Waals surface area (Å²) < 4.78 is 12.6. The van der Waals surface area contributed by atoms with Crippen LogP contribution in [0.4, 0.5) is 0 Å². The minimum absolute atomic E-state index is 0.257. The third kappa shape index (κ3) is 8.39. The van der Waals surface area contributed by atoms with Crippen molar-refractivity contribution < 1.29 is 9.47 Å². The van der Waals surface area contributed by atoms with E-state index >= 15 is 0 Å². The van der Waals surface area contributed by atoms with Crippen molar-refractivity contribution in [3.8, 4) is 0 Å². The zero-order chi connectivity index (χ0) is 25.9. The molecular weight excluding hydrogens is 511 g/mol. The highest BCUT2D eigenvalue weighted by Crippen LogP contribution is 2.37. The number of aromatic nitrogens is 2. The molecule has 0 saturated heterocycles. The Kier molecular flexibility index (Phi) is 11.4. The predicted molar refractivity (Wildman–Crippen MR) is 150 cm³/mol. The molecule has 0 aliphatic heterocycles. The van der Waals surface area contributed by atoms with Gasteiger partial charge >= 0.3 is 0 Å². The molecule has 3 aromatic carbocycles. The minimum Gasteiger partial charge on any atom is -0.388 e. The van der Waals surface area contributed by atoms with Crippen LogP contribution in [0.1, 0.15) is 42.4 Å². The Labute approximate surface area is 228 Å². The molecule has 7 heteroatoms. The monoisotopic (exact) mass is 542 g/mol. The first-order valence-corrected chi connectivity index (χ1v) is 13.3.